The van der Waals surface area contributed by atoms with Crippen molar-refractivity contribution >= 4 is 17.6 Å². The van der Waals surface area contributed by atoms with Gasteiger partial charge in [-0.1, -0.05) is 25.1 Å². The lowest BCUT2D eigenvalue weighted by molar-refractivity contribution is 0.395. The number of aryl methyl sites for hydroxylation is 1. The molecule has 2 nitrogen and oxygen atoms in total. The highest BCUT2D eigenvalue weighted by Gasteiger charge is 2.34. The topological polar surface area (TPSA) is 15.6 Å². The van der Waals surface area contributed by atoms with E-state index in [-0.39, 0.29) is 5.54 Å². The SMILES string of the molecule is Cc1cc2c(cc1C=Nc1ccccc1)[C@H](C)CC(C)(C)N2C. The summed E-state index contributed by atoms with van der Waals surface area (Å²) in [5.74, 6) is 0.570. The van der Waals surface area contributed by atoms with Crippen LogP contribution in [0.4, 0.5) is 11.4 Å². The van der Waals surface area contributed by atoms with E-state index in [1.54, 1.807) is 0 Å². The fraction of sp³-hybridized carbons (Fsp3) is 0.381. The lowest BCUT2D eigenvalue weighted by Gasteiger charge is -2.45. The van der Waals surface area contributed by atoms with Crippen molar-refractivity contribution in [1.29, 1.82) is 0 Å². The average Bonchev–Trinajstić information content (AvgIpc) is 2.52. The van der Waals surface area contributed by atoms with Crippen LogP contribution in [0.1, 0.15) is 49.8 Å². The summed E-state index contributed by atoms with van der Waals surface area (Å²) in [6.45, 7) is 9.16. The monoisotopic (exact) mass is 306 g/mol. The van der Waals surface area contributed by atoms with Gasteiger partial charge in [0, 0.05) is 24.5 Å². The molecule has 0 unspecified atom stereocenters. The maximum Gasteiger partial charge on any atom is 0.0629 e. The van der Waals surface area contributed by atoms with Crippen molar-refractivity contribution in [1.82, 2.24) is 0 Å². The number of aliphatic imine (C=N–C) groups is 1. The van der Waals surface area contributed by atoms with Crippen LogP contribution in [-0.4, -0.2) is 18.8 Å². The number of rotatable bonds is 2. The van der Waals surface area contributed by atoms with Crippen LogP contribution in [0.3, 0.4) is 0 Å². The van der Waals surface area contributed by atoms with Gasteiger partial charge in [0.2, 0.25) is 0 Å². The van der Waals surface area contributed by atoms with Crippen molar-refractivity contribution in [3.05, 3.63) is 59.2 Å². The molecule has 0 saturated carbocycles. The van der Waals surface area contributed by atoms with Gasteiger partial charge in [-0.05, 0) is 74.1 Å². The lowest BCUT2D eigenvalue weighted by atomic mass is 9.79. The summed E-state index contributed by atoms with van der Waals surface area (Å²) in [6.07, 6.45) is 3.17. The Morgan fingerprint density at radius 1 is 1.17 bits per heavy atom. The number of hydrogen-bond donors (Lipinski definition) is 0. The minimum atomic E-state index is 0.207. The summed E-state index contributed by atoms with van der Waals surface area (Å²) < 4.78 is 0. The predicted molar refractivity (Wildman–Crippen MR) is 100 cm³/mol. The van der Waals surface area contributed by atoms with Crippen LogP contribution in [0.15, 0.2) is 47.5 Å². The van der Waals surface area contributed by atoms with E-state index in [1.807, 2.05) is 36.5 Å². The minimum absolute atomic E-state index is 0.207. The molecule has 1 atom stereocenters. The van der Waals surface area contributed by atoms with Crippen LogP contribution < -0.4 is 4.90 Å². The van der Waals surface area contributed by atoms with Gasteiger partial charge in [0.15, 0.2) is 0 Å². The summed E-state index contributed by atoms with van der Waals surface area (Å²) in [6, 6.07) is 14.8. The van der Waals surface area contributed by atoms with Gasteiger partial charge in [-0.15, -0.1) is 0 Å². The molecule has 2 aromatic rings. The van der Waals surface area contributed by atoms with Crippen molar-refractivity contribution in [2.45, 2.75) is 45.6 Å². The molecule has 0 spiro atoms. The Bertz CT molecular complexity index is 729. The highest BCUT2D eigenvalue weighted by atomic mass is 15.2. The van der Waals surface area contributed by atoms with Crippen LogP contribution >= 0.6 is 0 Å². The zero-order chi connectivity index (χ0) is 16.6. The molecule has 0 radical (unpaired) electrons. The average molecular weight is 306 g/mol. The second-order valence-corrected chi connectivity index (χ2v) is 7.34. The van der Waals surface area contributed by atoms with Crippen molar-refractivity contribution in [3.63, 3.8) is 0 Å². The molecule has 2 aromatic carbocycles. The molecule has 0 N–H and O–H groups in total. The Kier molecular flexibility index (Phi) is 4.01. The molecule has 1 aliphatic rings. The highest BCUT2D eigenvalue weighted by Crippen LogP contribution is 2.43. The summed E-state index contributed by atoms with van der Waals surface area (Å²) in [7, 11) is 2.21. The molecule has 3 rings (SSSR count). The molecule has 1 aliphatic heterocycles. The zero-order valence-electron chi connectivity index (χ0n) is 14.8. The Labute approximate surface area is 139 Å². The first-order valence-electron chi connectivity index (χ1n) is 8.36. The van der Waals surface area contributed by atoms with Gasteiger partial charge in [-0.2, -0.15) is 0 Å². The second-order valence-electron chi connectivity index (χ2n) is 7.34. The first-order valence-corrected chi connectivity index (χ1v) is 8.36. The molecule has 1 heterocycles. The molecule has 0 aromatic heterocycles. The third kappa shape index (κ3) is 3.03. The van der Waals surface area contributed by atoms with Gasteiger partial charge >= 0.3 is 0 Å². The fourth-order valence-corrected chi connectivity index (χ4v) is 3.53. The summed E-state index contributed by atoms with van der Waals surface area (Å²) >= 11 is 0. The Morgan fingerprint density at radius 2 is 1.87 bits per heavy atom. The molecule has 0 bridgehead atoms. The Morgan fingerprint density at radius 3 is 2.57 bits per heavy atom. The summed E-state index contributed by atoms with van der Waals surface area (Å²) in [5.41, 5.74) is 6.50. The van der Waals surface area contributed by atoms with Gasteiger partial charge in [-0.3, -0.25) is 4.99 Å². The Balaban J connectivity index is 1.99. The van der Waals surface area contributed by atoms with Crippen LogP contribution in [0.25, 0.3) is 0 Å². The van der Waals surface area contributed by atoms with Crippen molar-refractivity contribution in [2.75, 3.05) is 11.9 Å². The number of nitrogens with zero attached hydrogens (tertiary/aromatic N) is 2. The predicted octanol–water partition coefficient (Wildman–Crippen LogP) is 5.47. The standard InChI is InChI=1S/C21H26N2/c1-15-11-20-19(16(2)13-21(3,4)23(20)5)12-17(15)14-22-18-9-7-6-8-10-18/h6-12,14,16H,13H2,1-5H3/t16-/m1/s1. The molecular weight excluding hydrogens is 280 g/mol. The van der Waals surface area contributed by atoms with E-state index in [0.29, 0.717) is 5.92 Å². The number of fused-ring (bicyclic) bond motifs is 1. The van der Waals surface area contributed by atoms with Gasteiger partial charge in [0.1, 0.15) is 0 Å². The van der Waals surface area contributed by atoms with Crippen molar-refractivity contribution in [2.24, 2.45) is 4.99 Å². The van der Waals surface area contributed by atoms with E-state index in [4.69, 9.17) is 0 Å². The smallest absolute Gasteiger partial charge is 0.0629 e. The third-order valence-electron chi connectivity index (χ3n) is 5.13. The normalized spacial score (nSPS) is 19.9. The van der Waals surface area contributed by atoms with E-state index in [0.717, 1.165) is 5.69 Å². The fourth-order valence-electron chi connectivity index (χ4n) is 3.53. The van der Waals surface area contributed by atoms with E-state index in [2.05, 4.69) is 56.8 Å². The number of para-hydroxylation sites is 1. The first-order chi connectivity index (χ1) is 10.9. The van der Waals surface area contributed by atoms with Crippen molar-refractivity contribution in [3.8, 4) is 0 Å². The molecule has 23 heavy (non-hydrogen) atoms. The second kappa shape index (κ2) is 5.84. The Hall–Kier alpha value is -2.09. The van der Waals surface area contributed by atoms with Gasteiger partial charge in [0.25, 0.3) is 0 Å². The van der Waals surface area contributed by atoms with Crippen LogP contribution in [0.2, 0.25) is 0 Å². The van der Waals surface area contributed by atoms with Gasteiger partial charge in [-0.25, -0.2) is 0 Å². The molecule has 0 fully saturated rings. The molecule has 2 heteroatoms. The maximum atomic E-state index is 4.62. The summed E-state index contributed by atoms with van der Waals surface area (Å²) in [4.78, 5) is 7.04. The summed E-state index contributed by atoms with van der Waals surface area (Å²) in [5, 5.41) is 0. The number of anilines is 1. The third-order valence-corrected chi connectivity index (χ3v) is 5.13. The number of benzene rings is 2. The van der Waals surface area contributed by atoms with Crippen LogP contribution in [0.5, 0.6) is 0 Å². The highest BCUT2D eigenvalue weighted by molar-refractivity contribution is 5.85. The largest absolute Gasteiger partial charge is 0.369 e. The maximum absolute atomic E-state index is 4.62. The lowest BCUT2D eigenvalue weighted by Crippen LogP contribution is -2.45. The van der Waals surface area contributed by atoms with Crippen LogP contribution in [-0.2, 0) is 0 Å². The van der Waals surface area contributed by atoms with E-state index < -0.39 is 0 Å². The van der Waals surface area contributed by atoms with Gasteiger partial charge in [0.05, 0.1) is 5.69 Å². The quantitative estimate of drug-likeness (QED) is 0.672. The van der Waals surface area contributed by atoms with E-state index in [1.165, 1.54) is 28.8 Å². The zero-order valence-corrected chi connectivity index (χ0v) is 14.8. The molecular formula is C21H26N2. The molecule has 0 amide bonds. The first kappa shape index (κ1) is 15.8. The molecule has 120 valence electrons. The molecule has 0 saturated heterocycles. The van der Waals surface area contributed by atoms with E-state index >= 15 is 0 Å². The number of hydrogen-bond acceptors (Lipinski definition) is 2. The van der Waals surface area contributed by atoms with E-state index in [9.17, 15) is 0 Å². The van der Waals surface area contributed by atoms with Gasteiger partial charge < -0.3 is 4.90 Å². The molecule has 0 aliphatic carbocycles. The van der Waals surface area contributed by atoms with Crippen molar-refractivity contribution < 1.29 is 0 Å². The van der Waals surface area contributed by atoms with Crippen LogP contribution in [0, 0.1) is 6.92 Å². The minimum Gasteiger partial charge on any atom is -0.369 e.